The van der Waals surface area contributed by atoms with Gasteiger partial charge in [-0.2, -0.15) is 0 Å². The fourth-order valence-corrected chi connectivity index (χ4v) is 1.35. The van der Waals surface area contributed by atoms with E-state index in [1.807, 2.05) is 18.3 Å². The van der Waals surface area contributed by atoms with Crippen LogP contribution in [0, 0.1) is 12.8 Å². The SMILES string of the molecule is C[C]1C=C=C(c2cc(C)ccn2)C=C1. The van der Waals surface area contributed by atoms with Crippen molar-refractivity contribution in [2.75, 3.05) is 0 Å². The molecule has 0 spiro atoms. The molecule has 0 saturated heterocycles. The molecule has 1 heteroatoms. The Bertz CT molecular complexity index is 434. The number of aromatic nitrogens is 1. The van der Waals surface area contributed by atoms with Gasteiger partial charge in [-0.15, -0.1) is 5.73 Å². The zero-order valence-corrected chi connectivity index (χ0v) is 8.41. The molecular weight excluding hydrogens is 170 g/mol. The van der Waals surface area contributed by atoms with Crippen molar-refractivity contribution >= 4 is 5.57 Å². The molecule has 0 atom stereocenters. The van der Waals surface area contributed by atoms with Crippen LogP contribution in [0.1, 0.15) is 18.2 Å². The maximum absolute atomic E-state index is 4.31. The molecule has 0 amide bonds. The van der Waals surface area contributed by atoms with Gasteiger partial charge in [-0.1, -0.05) is 13.0 Å². The standard InChI is InChI=1S/C13H12N/c1-10-3-5-12(6-4-10)13-9-11(2)7-8-14-13/h3-5,7-9H,1-2H3. The van der Waals surface area contributed by atoms with E-state index in [4.69, 9.17) is 0 Å². The molecule has 1 aliphatic carbocycles. The summed E-state index contributed by atoms with van der Waals surface area (Å²) < 4.78 is 0. The molecule has 0 unspecified atom stereocenters. The molecule has 1 heterocycles. The lowest BCUT2D eigenvalue weighted by Gasteiger charge is -2.04. The highest BCUT2D eigenvalue weighted by Crippen LogP contribution is 2.18. The molecule has 0 aromatic carbocycles. The van der Waals surface area contributed by atoms with E-state index >= 15 is 0 Å². The van der Waals surface area contributed by atoms with Crippen LogP contribution in [0.15, 0.2) is 42.3 Å². The zero-order chi connectivity index (χ0) is 9.97. The van der Waals surface area contributed by atoms with Crippen molar-refractivity contribution < 1.29 is 0 Å². The first-order valence-electron chi connectivity index (χ1n) is 4.67. The van der Waals surface area contributed by atoms with Gasteiger partial charge in [0, 0.05) is 17.7 Å². The first-order chi connectivity index (χ1) is 6.75. The van der Waals surface area contributed by atoms with E-state index in [9.17, 15) is 0 Å². The minimum absolute atomic E-state index is 0.991. The largest absolute Gasteiger partial charge is 0.256 e. The second-order valence-electron chi connectivity index (χ2n) is 3.50. The fourth-order valence-electron chi connectivity index (χ4n) is 1.35. The van der Waals surface area contributed by atoms with E-state index in [2.05, 4.69) is 42.8 Å². The quantitative estimate of drug-likeness (QED) is 0.608. The average molecular weight is 182 g/mol. The van der Waals surface area contributed by atoms with Crippen molar-refractivity contribution in [2.24, 2.45) is 0 Å². The minimum Gasteiger partial charge on any atom is -0.256 e. The molecular formula is C13H12N. The maximum atomic E-state index is 4.31. The summed E-state index contributed by atoms with van der Waals surface area (Å²) in [4.78, 5) is 4.31. The van der Waals surface area contributed by atoms with E-state index in [-0.39, 0.29) is 0 Å². The normalized spacial score (nSPS) is 15.7. The van der Waals surface area contributed by atoms with Crippen molar-refractivity contribution in [1.82, 2.24) is 4.98 Å². The van der Waals surface area contributed by atoms with Gasteiger partial charge in [0.2, 0.25) is 0 Å². The highest BCUT2D eigenvalue weighted by atomic mass is 14.7. The predicted molar refractivity (Wildman–Crippen MR) is 58.5 cm³/mol. The van der Waals surface area contributed by atoms with Crippen LogP contribution < -0.4 is 0 Å². The van der Waals surface area contributed by atoms with E-state index in [0.717, 1.165) is 11.3 Å². The number of aryl methyl sites for hydroxylation is 1. The Hall–Kier alpha value is -1.59. The van der Waals surface area contributed by atoms with Gasteiger partial charge < -0.3 is 0 Å². The third-order valence-electron chi connectivity index (χ3n) is 2.16. The van der Waals surface area contributed by atoms with Crippen LogP contribution >= 0.6 is 0 Å². The van der Waals surface area contributed by atoms with Crippen LogP contribution in [-0.4, -0.2) is 4.98 Å². The number of pyridine rings is 1. The van der Waals surface area contributed by atoms with Crippen LogP contribution in [0.5, 0.6) is 0 Å². The first-order valence-corrected chi connectivity index (χ1v) is 4.67. The van der Waals surface area contributed by atoms with Crippen LogP contribution in [0.2, 0.25) is 0 Å². The number of rotatable bonds is 1. The molecule has 1 radical (unpaired) electrons. The zero-order valence-electron chi connectivity index (χ0n) is 8.41. The highest BCUT2D eigenvalue weighted by Gasteiger charge is 2.03. The molecule has 69 valence electrons. The molecule has 14 heavy (non-hydrogen) atoms. The van der Waals surface area contributed by atoms with E-state index in [1.165, 1.54) is 11.5 Å². The minimum atomic E-state index is 0.991. The van der Waals surface area contributed by atoms with E-state index < -0.39 is 0 Å². The summed E-state index contributed by atoms with van der Waals surface area (Å²) in [6.07, 6.45) is 7.95. The topological polar surface area (TPSA) is 12.9 Å². The van der Waals surface area contributed by atoms with Crippen molar-refractivity contribution in [1.29, 1.82) is 0 Å². The monoisotopic (exact) mass is 182 g/mol. The first kappa shape index (κ1) is 8.98. The van der Waals surface area contributed by atoms with Gasteiger partial charge in [0.15, 0.2) is 0 Å². The van der Waals surface area contributed by atoms with Crippen molar-refractivity contribution in [3.63, 3.8) is 0 Å². The molecule has 1 nitrogen and oxygen atoms in total. The van der Waals surface area contributed by atoms with E-state index in [1.54, 1.807) is 0 Å². The summed E-state index contributed by atoms with van der Waals surface area (Å²) in [6.45, 7) is 4.13. The Morgan fingerprint density at radius 3 is 2.71 bits per heavy atom. The molecule has 2 rings (SSSR count). The molecule has 0 fully saturated rings. The summed E-state index contributed by atoms with van der Waals surface area (Å²) >= 11 is 0. The summed E-state index contributed by atoms with van der Waals surface area (Å²) in [6, 6.07) is 4.07. The Kier molecular flexibility index (Phi) is 2.34. The van der Waals surface area contributed by atoms with Gasteiger partial charge >= 0.3 is 0 Å². The lowest BCUT2D eigenvalue weighted by Crippen LogP contribution is -1.90. The molecule has 0 bridgehead atoms. The molecule has 1 aromatic rings. The number of hydrogen-bond donors (Lipinski definition) is 0. The summed E-state index contributed by atoms with van der Waals surface area (Å²) in [5.74, 6) is 1.22. The molecule has 1 aliphatic rings. The van der Waals surface area contributed by atoms with Gasteiger partial charge in [-0.25, -0.2) is 0 Å². The number of nitrogens with zero attached hydrogens (tertiary/aromatic N) is 1. The Labute approximate surface area is 84.5 Å². The van der Waals surface area contributed by atoms with Gasteiger partial charge in [0.25, 0.3) is 0 Å². The fraction of sp³-hybridized carbons (Fsp3) is 0.154. The third kappa shape index (κ3) is 1.84. The van der Waals surface area contributed by atoms with Gasteiger partial charge in [-0.3, -0.25) is 4.98 Å². The van der Waals surface area contributed by atoms with Crippen LogP contribution in [0.3, 0.4) is 0 Å². The lowest BCUT2D eigenvalue weighted by molar-refractivity contribution is 1.24. The Morgan fingerprint density at radius 2 is 2.07 bits per heavy atom. The molecule has 1 aromatic heterocycles. The molecule has 0 N–H and O–H groups in total. The van der Waals surface area contributed by atoms with Gasteiger partial charge in [-0.05, 0) is 36.8 Å². The predicted octanol–water partition coefficient (Wildman–Crippen LogP) is 3.09. The highest BCUT2D eigenvalue weighted by molar-refractivity contribution is 5.73. The van der Waals surface area contributed by atoms with Gasteiger partial charge in [0.05, 0.1) is 5.69 Å². The van der Waals surface area contributed by atoms with Crippen LogP contribution in [0.4, 0.5) is 0 Å². The van der Waals surface area contributed by atoms with Crippen LogP contribution in [-0.2, 0) is 0 Å². The Morgan fingerprint density at radius 1 is 1.21 bits per heavy atom. The lowest BCUT2D eigenvalue weighted by atomic mass is 10.0. The second kappa shape index (κ2) is 3.65. The Balaban J connectivity index is 2.42. The van der Waals surface area contributed by atoms with E-state index in [0.29, 0.717) is 0 Å². The molecule has 0 saturated carbocycles. The van der Waals surface area contributed by atoms with Crippen LogP contribution in [0.25, 0.3) is 5.57 Å². The summed E-state index contributed by atoms with van der Waals surface area (Å²) in [5, 5.41) is 0. The maximum Gasteiger partial charge on any atom is 0.0781 e. The third-order valence-corrected chi connectivity index (χ3v) is 2.16. The average Bonchev–Trinajstić information content (AvgIpc) is 2.19. The second-order valence-corrected chi connectivity index (χ2v) is 3.50. The smallest absolute Gasteiger partial charge is 0.0781 e. The number of allylic oxidation sites excluding steroid dienone is 3. The van der Waals surface area contributed by atoms with Crippen molar-refractivity contribution in [3.8, 4) is 0 Å². The van der Waals surface area contributed by atoms with Crippen molar-refractivity contribution in [2.45, 2.75) is 13.8 Å². The van der Waals surface area contributed by atoms with Crippen molar-refractivity contribution in [3.05, 3.63) is 59.5 Å². The summed E-state index contributed by atoms with van der Waals surface area (Å²) in [5.41, 5.74) is 6.49. The van der Waals surface area contributed by atoms with Gasteiger partial charge in [0.1, 0.15) is 0 Å². The molecule has 0 aliphatic heterocycles. The number of hydrogen-bond acceptors (Lipinski definition) is 1. The summed E-state index contributed by atoms with van der Waals surface area (Å²) in [7, 11) is 0.